The molecule has 0 aliphatic carbocycles. The predicted octanol–water partition coefficient (Wildman–Crippen LogP) is 10.1. The Labute approximate surface area is 242 Å². The van der Waals surface area contributed by atoms with Gasteiger partial charge < -0.3 is 9.13 Å². The highest BCUT2D eigenvalue weighted by atomic mass is 15.0. The lowest BCUT2D eigenvalue weighted by Crippen LogP contribution is -1.94. The van der Waals surface area contributed by atoms with Gasteiger partial charge in [-0.25, -0.2) is 0 Å². The quantitative estimate of drug-likeness (QED) is 0.221. The highest BCUT2D eigenvalue weighted by Crippen LogP contribution is 2.38. The molecule has 0 aliphatic heterocycles. The first-order valence-corrected chi connectivity index (χ1v) is 14.3. The van der Waals surface area contributed by atoms with Crippen LogP contribution in [-0.4, -0.2) is 14.1 Å². The van der Waals surface area contributed by atoms with Crippen molar-refractivity contribution in [2.24, 2.45) is 0 Å². The van der Waals surface area contributed by atoms with Gasteiger partial charge in [-0.2, -0.15) is 0 Å². The first kappa shape index (κ1) is 23.1. The fraction of sp³-hybridized carbons (Fsp3) is 0. The van der Waals surface area contributed by atoms with E-state index in [0.29, 0.717) is 0 Å². The van der Waals surface area contributed by atoms with Crippen molar-refractivity contribution >= 4 is 54.4 Å². The summed E-state index contributed by atoms with van der Waals surface area (Å²) in [5.41, 5.74) is 9.46. The summed E-state index contributed by atoms with van der Waals surface area (Å²) in [5.74, 6) is 0. The number of hydrogen-bond acceptors (Lipinski definition) is 1. The van der Waals surface area contributed by atoms with Crippen molar-refractivity contribution in [3.8, 4) is 22.5 Å². The van der Waals surface area contributed by atoms with Gasteiger partial charge in [0.1, 0.15) is 0 Å². The molecule has 3 heteroatoms. The first-order valence-electron chi connectivity index (χ1n) is 14.3. The van der Waals surface area contributed by atoms with Gasteiger partial charge in [-0.3, -0.25) is 4.98 Å². The van der Waals surface area contributed by atoms with Crippen LogP contribution in [0, 0.1) is 0 Å². The van der Waals surface area contributed by atoms with Crippen molar-refractivity contribution in [1.29, 1.82) is 0 Å². The molecule has 9 rings (SSSR count). The Morgan fingerprint density at radius 1 is 0.381 bits per heavy atom. The Bertz CT molecular complexity index is 2460. The van der Waals surface area contributed by atoms with Crippen LogP contribution in [-0.2, 0) is 0 Å². The molecule has 0 atom stereocenters. The Morgan fingerprint density at radius 2 is 1.00 bits per heavy atom. The monoisotopic (exact) mass is 535 g/mol. The summed E-state index contributed by atoms with van der Waals surface area (Å²) in [4.78, 5) is 4.46. The van der Waals surface area contributed by atoms with Crippen LogP contribution in [0.4, 0.5) is 0 Å². The van der Waals surface area contributed by atoms with Crippen LogP contribution in [0.5, 0.6) is 0 Å². The lowest BCUT2D eigenvalue weighted by atomic mass is 10.0. The molecule has 0 radical (unpaired) electrons. The number of para-hydroxylation sites is 2. The largest absolute Gasteiger partial charge is 0.309 e. The van der Waals surface area contributed by atoms with E-state index in [0.717, 1.165) is 11.2 Å². The maximum Gasteiger partial charge on any atom is 0.0724 e. The van der Waals surface area contributed by atoms with Crippen molar-refractivity contribution in [1.82, 2.24) is 14.1 Å². The summed E-state index contributed by atoms with van der Waals surface area (Å²) in [7, 11) is 0. The molecule has 3 heterocycles. The van der Waals surface area contributed by atoms with Gasteiger partial charge >= 0.3 is 0 Å². The third kappa shape index (κ3) is 3.37. The van der Waals surface area contributed by atoms with Crippen molar-refractivity contribution < 1.29 is 0 Å². The Kier molecular flexibility index (Phi) is 4.90. The summed E-state index contributed by atoms with van der Waals surface area (Å²) in [6, 6.07) is 50.4. The second-order valence-electron chi connectivity index (χ2n) is 10.9. The van der Waals surface area contributed by atoms with Gasteiger partial charge in [0.2, 0.25) is 0 Å². The van der Waals surface area contributed by atoms with Crippen LogP contribution in [0.1, 0.15) is 0 Å². The number of pyridine rings is 1. The minimum atomic E-state index is 1.12. The van der Waals surface area contributed by atoms with Crippen molar-refractivity contribution in [3.05, 3.63) is 152 Å². The zero-order valence-electron chi connectivity index (χ0n) is 22.8. The van der Waals surface area contributed by atoms with Crippen LogP contribution < -0.4 is 0 Å². The summed E-state index contributed by atoms with van der Waals surface area (Å²) < 4.78 is 4.70. The Balaban J connectivity index is 1.26. The maximum atomic E-state index is 4.46. The summed E-state index contributed by atoms with van der Waals surface area (Å²) in [6.45, 7) is 0. The van der Waals surface area contributed by atoms with E-state index in [4.69, 9.17) is 0 Å². The zero-order chi connectivity index (χ0) is 27.6. The van der Waals surface area contributed by atoms with Gasteiger partial charge in [0, 0.05) is 39.1 Å². The number of fused-ring (bicyclic) bond motifs is 7. The van der Waals surface area contributed by atoms with E-state index in [1.807, 2.05) is 12.4 Å². The highest BCUT2D eigenvalue weighted by molar-refractivity contribution is 6.12. The van der Waals surface area contributed by atoms with Crippen molar-refractivity contribution in [3.63, 3.8) is 0 Å². The third-order valence-corrected chi connectivity index (χ3v) is 8.58. The van der Waals surface area contributed by atoms with Crippen molar-refractivity contribution in [2.45, 2.75) is 0 Å². The van der Waals surface area contributed by atoms with E-state index in [2.05, 4.69) is 154 Å². The normalized spacial score (nSPS) is 11.8. The van der Waals surface area contributed by atoms with Crippen LogP contribution in [0.15, 0.2) is 152 Å². The van der Waals surface area contributed by atoms with Crippen LogP contribution >= 0.6 is 0 Å². The minimum absolute atomic E-state index is 1.12. The van der Waals surface area contributed by atoms with E-state index in [1.54, 1.807) is 0 Å². The smallest absolute Gasteiger partial charge is 0.0724 e. The molecule has 0 saturated heterocycles. The Hall–Kier alpha value is -5.67. The van der Waals surface area contributed by atoms with Gasteiger partial charge in [-0.1, -0.05) is 78.9 Å². The second kappa shape index (κ2) is 8.92. The number of aromatic nitrogens is 3. The summed E-state index contributed by atoms with van der Waals surface area (Å²) in [6.07, 6.45) is 3.85. The summed E-state index contributed by atoms with van der Waals surface area (Å²) >= 11 is 0. The van der Waals surface area contributed by atoms with Gasteiger partial charge in [-0.05, 0) is 82.6 Å². The molecule has 0 aliphatic rings. The maximum absolute atomic E-state index is 4.46. The second-order valence-corrected chi connectivity index (χ2v) is 10.9. The SMILES string of the molecule is c1ccc(-n2c3ccc(-c4ccc5c(c4)c4ccccc4n5-c4ccc5ccccc5c4)cc3c3ccncc32)cc1. The molecule has 0 bridgehead atoms. The van der Waals surface area contributed by atoms with Crippen LogP contribution in [0.25, 0.3) is 76.9 Å². The zero-order valence-corrected chi connectivity index (χ0v) is 22.8. The average Bonchev–Trinajstić information content (AvgIpc) is 3.57. The van der Waals surface area contributed by atoms with Gasteiger partial charge in [0.05, 0.1) is 28.3 Å². The number of benzene rings is 6. The van der Waals surface area contributed by atoms with E-state index in [1.165, 1.54) is 65.7 Å². The van der Waals surface area contributed by atoms with Gasteiger partial charge in [0.15, 0.2) is 0 Å². The van der Waals surface area contributed by atoms with E-state index < -0.39 is 0 Å². The molecule has 0 spiro atoms. The van der Waals surface area contributed by atoms with E-state index in [9.17, 15) is 0 Å². The molecule has 6 aromatic carbocycles. The molecular formula is C39H25N3. The van der Waals surface area contributed by atoms with Gasteiger partial charge in [-0.15, -0.1) is 0 Å². The first-order chi connectivity index (χ1) is 20.8. The molecule has 196 valence electrons. The molecule has 3 aromatic heterocycles. The highest BCUT2D eigenvalue weighted by Gasteiger charge is 2.16. The molecule has 3 nitrogen and oxygen atoms in total. The van der Waals surface area contributed by atoms with E-state index >= 15 is 0 Å². The average molecular weight is 536 g/mol. The topological polar surface area (TPSA) is 22.8 Å². The lowest BCUT2D eigenvalue weighted by molar-refractivity contribution is 1.17. The van der Waals surface area contributed by atoms with Crippen LogP contribution in [0.2, 0.25) is 0 Å². The number of hydrogen-bond donors (Lipinski definition) is 0. The molecule has 9 aromatic rings. The van der Waals surface area contributed by atoms with Gasteiger partial charge in [0.25, 0.3) is 0 Å². The standard InChI is InChI=1S/C39H25N3/c1-2-10-30(11-3-1)41-37-18-15-29(24-35(37)33-20-21-40-25-39(33)41)28-16-19-38-34(23-28)32-12-6-7-13-36(32)42(38)31-17-14-26-8-4-5-9-27(26)22-31/h1-25H. The molecule has 0 N–H and O–H groups in total. The molecule has 0 saturated carbocycles. The summed E-state index contributed by atoms with van der Waals surface area (Å²) in [5, 5.41) is 7.45. The Morgan fingerprint density at radius 3 is 1.79 bits per heavy atom. The molecule has 0 unspecified atom stereocenters. The predicted molar refractivity (Wildman–Crippen MR) is 176 cm³/mol. The number of rotatable bonds is 3. The molecular weight excluding hydrogens is 510 g/mol. The van der Waals surface area contributed by atoms with Crippen molar-refractivity contribution in [2.75, 3.05) is 0 Å². The third-order valence-electron chi connectivity index (χ3n) is 8.58. The molecule has 42 heavy (non-hydrogen) atoms. The van der Waals surface area contributed by atoms with Crippen LogP contribution in [0.3, 0.4) is 0 Å². The lowest BCUT2D eigenvalue weighted by Gasteiger charge is -2.10. The molecule has 0 fully saturated rings. The molecule has 0 amide bonds. The minimum Gasteiger partial charge on any atom is -0.309 e. The fourth-order valence-corrected chi connectivity index (χ4v) is 6.65. The fourth-order valence-electron chi connectivity index (χ4n) is 6.65. The number of nitrogens with zero attached hydrogens (tertiary/aromatic N) is 3. The van der Waals surface area contributed by atoms with E-state index in [-0.39, 0.29) is 0 Å².